The van der Waals surface area contributed by atoms with Gasteiger partial charge in [-0.1, -0.05) is 20.8 Å². The number of carbonyl (C=O) groups is 1. The summed E-state index contributed by atoms with van der Waals surface area (Å²) >= 11 is 0. The molecule has 1 heterocycles. The molecule has 1 atom stereocenters. The Labute approximate surface area is 105 Å². The average molecular weight is 249 g/mol. The van der Waals surface area contributed by atoms with Crippen LogP contribution >= 0.6 is 12.4 Å². The van der Waals surface area contributed by atoms with E-state index in [0.717, 1.165) is 26.1 Å². The number of piperidine rings is 1. The maximum absolute atomic E-state index is 12.1. The van der Waals surface area contributed by atoms with Crippen molar-refractivity contribution >= 4 is 18.3 Å². The fourth-order valence-electron chi connectivity index (χ4n) is 2.18. The van der Waals surface area contributed by atoms with Crippen LogP contribution in [0.5, 0.6) is 0 Å². The van der Waals surface area contributed by atoms with E-state index in [0.29, 0.717) is 11.8 Å². The highest BCUT2D eigenvalue weighted by Crippen LogP contribution is 2.22. The number of likely N-dealkylation sites (tertiary alicyclic amines) is 1. The molecule has 0 aromatic carbocycles. The molecule has 0 bridgehead atoms. The molecule has 1 fully saturated rings. The van der Waals surface area contributed by atoms with E-state index < -0.39 is 0 Å². The second-order valence-corrected chi connectivity index (χ2v) is 5.57. The van der Waals surface area contributed by atoms with Crippen molar-refractivity contribution in [2.45, 2.75) is 33.6 Å². The van der Waals surface area contributed by atoms with Crippen LogP contribution in [0.4, 0.5) is 0 Å². The van der Waals surface area contributed by atoms with Gasteiger partial charge in [-0.05, 0) is 32.4 Å². The van der Waals surface area contributed by atoms with Crippen molar-refractivity contribution < 1.29 is 4.79 Å². The standard InChI is InChI=1S/C12H24N2O.ClH/c1-12(2,3)11(15)14-7-5-6-10(9-14)8-13-4;/h10,13H,5-9H2,1-4H3;1H. The van der Waals surface area contributed by atoms with E-state index in [2.05, 4.69) is 5.32 Å². The zero-order valence-corrected chi connectivity index (χ0v) is 11.7. The minimum absolute atomic E-state index is 0. The third-order valence-corrected chi connectivity index (χ3v) is 2.94. The molecule has 96 valence electrons. The van der Waals surface area contributed by atoms with Crippen LogP contribution in [-0.4, -0.2) is 37.5 Å². The van der Waals surface area contributed by atoms with Crippen molar-refractivity contribution in [2.75, 3.05) is 26.7 Å². The van der Waals surface area contributed by atoms with E-state index in [1.54, 1.807) is 0 Å². The Hall–Kier alpha value is -0.280. The first-order valence-corrected chi connectivity index (χ1v) is 5.89. The summed E-state index contributed by atoms with van der Waals surface area (Å²) in [6.45, 7) is 8.88. The lowest BCUT2D eigenvalue weighted by Crippen LogP contribution is -2.46. The molecule has 1 amide bonds. The van der Waals surface area contributed by atoms with Gasteiger partial charge in [0, 0.05) is 18.5 Å². The van der Waals surface area contributed by atoms with Crippen molar-refractivity contribution in [3.05, 3.63) is 0 Å². The predicted molar refractivity (Wildman–Crippen MR) is 69.9 cm³/mol. The van der Waals surface area contributed by atoms with Crippen molar-refractivity contribution in [3.63, 3.8) is 0 Å². The molecule has 1 rings (SSSR count). The minimum atomic E-state index is -0.235. The Balaban J connectivity index is 0.00000225. The predicted octanol–water partition coefficient (Wildman–Crippen LogP) is 1.91. The Morgan fingerprint density at radius 3 is 2.56 bits per heavy atom. The van der Waals surface area contributed by atoms with Crippen LogP contribution in [0.3, 0.4) is 0 Å². The largest absolute Gasteiger partial charge is 0.342 e. The van der Waals surface area contributed by atoms with Crippen LogP contribution in [-0.2, 0) is 4.79 Å². The van der Waals surface area contributed by atoms with Crippen molar-refractivity contribution in [1.82, 2.24) is 10.2 Å². The van der Waals surface area contributed by atoms with E-state index in [-0.39, 0.29) is 17.8 Å². The highest BCUT2D eigenvalue weighted by molar-refractivity contribution is 5.85. The maximum Gasteiger partial charge on any atom is 0.227 e. The topological polar surface area (TPSA) is 32.3 Å². The van der Waals surface area contributed by atoms with Gasteiger partial charge in [0.15, 0.2) is 0 Å². The first-order valence-electron chi connectivity index (χ1n) is 5.89. The van der Waals surface area contributed by atoms with Gasteiger partial charge in [0.2, 0.25) is 5.91 Å². The molecule has 0 aromatic heterocycles. The smallest absolute Gasteiger partial charge is 0.227 e. The SMILES string of the molecule is CNCC1CCCN(C(=O)C(C)(C)C)C1.Cl. The molecule has 1 aliphatic rings. The molecule has 4 heteroatoms. The summed E-state index contributed by atoms with van der Waals surface area (Å²) in [5.41, 5.74) is -0.235. The van der Waals surface area contributed by atoms with Crippen LogP contribution in [0.15, 0.2) is 0 Å². The zero-order valence-electron chi connectivity index (χ0n) is 10.9. The summed E-state index contributed by atoms with van der Waals surface area (Å²) in [6.07, 6.45) is 2.39. The van der Waals surface area contributed by atoms with Crippen LogP contribution in [0.25, 0.3) is 0 Å². The highest BCUT2D eigenvalue weighted by atomic mass is 35.5. The fraction of sp³-hybridized carbons (Fsp3) is 0.917. The van der Waals surface area contributed by atoms with Crippen LogP contribution in [0.1, 0.15) is 33.6 Å². The van der Waals surface area contributed by atoms with E-state index in [4.69, 9.17) is 0 Å². The van der Waals surface area contributed by atoms with Gasteiger partial charge in [-0.2, -0.15) is 0 Å². The molecule has 3 nitrogen and oxygen atoms in total. The molecule has 0 aromatic rings. The monoisotopic (exact) mass is 248 g/mol. The normalized spacial score (nSPS) is 21.5. The summed E-state index contributed by atoms with van der Waals surface area (Å²) in [7, 11) is 1.98. The Bertz CT molecular complexity index is 224. The second-order valence-electron chi connectivity index (χ2n) is 5.57. The second kappa shape index (κ2) is 6.45. The number of rotatable bonds is 2. The third-order valence-electron chi connectivity index (χ3n) is 2.94. The lowest BCUT2D eigenvalue weighted by atomic mass is 9.91. The van der Waals surface area contributed by atoms with Gasteiger partial charge in [0.25, 0.3) is 0 Å². The molecular formula is C12H25ClN2O. The van der Waals surface area contributed by atoms with E-state index >= 15 is 0 Å². The summed E-state index contributed by atoms with van der Waals surface area (Å²) in [6, 6.07) is 0. The van der Waals surface area contributed by atoms with Gasteiger partial charge in [-0.3, -0.25) is 4.79 Å². The molecule has 0 aliphatic carbocycles. The van der Waals surface area contributed by atoms with Gasteiger partial charge < -0.3 is 10.2 Å². The Morgan fingerprint density at radius 2 is 2.06 bits per heavy atom. The number of hydrogen-bond donors (Lipinski definition) is 1. The van der Waals surface area contributed by atoms with E-state index in [1.165, 1.54) is 6.42 Å². The zero-order chi connectivity index (χ0) is 11.5. The molecule has 0 radical (unpaired) electrons. The molecule has 0 saturated carbocycles. The molecule has 1 N–H and O–H groups in total. The van der Waals surface area contributed by atoms with Gasteiger partial charge in [0.05, 0.1) is 0 Å². The number of hydrogen-bond acceptors (Lipinski definition) is 2. The summed E-state index contributed by atoms with van der Waals surface area (Å²) in [4.78, 5) is 14.1. The van der Waals surface area contributed by atoms with Crippen LogP contribution in [0.2, 0.25) is 0 Å². The third kappa shape index (κ3) is 4.30. The molecule has 1 unspecified atom stereocenters. The Morgan fingerprint density at radius 1 is 1.44 bits per heavy atom. The number of halogens is 1. The highest BCUT2D eigenvalue weighted by Gasteiger charge is 2.30. The molecular weight excluding hydrogens is 224 g/mol. The van der Waals surface area contributed by atoms with Crippen LogP contribution < -0.4 is 5.32 Å². The molecule has 1 aliphatic heterocycles. The van der Waals surface area contributed by atoms with Crippen molar-refractivity contribution in [1.29, 1.82) is 0 Å². The van der Waals surface area contributed by atoms with Gasteiger partial charge in [-0.15, -0.1) is 12.4 Å². The number of nitrogens with zero attached hydrogens (tertiary/aromatic N) is 1. The van der Waals surface area contributed by atoms with Crippen molar-refractivity contribution in [3.8, 4) is 0 Å². The van der Waals surface area contributed by atoms with Gasteiger partial charge in [0.1, 0.15) is 0 Å². The average Bonchev–Trinajstić information content (AvgIpc) is 2.16. The van der Waals surface area contributed by atoms with E-state index in [9.17, 15) is 4.79 Å². The minimum Gasteiger partial charge on any atom is -0.342 e. The quantitative estimate of drug-likeness (QED) is 0.810. The summed E-state index contributed by atoms with van der Waals surface area (Å²) in [5, 5.41) is 3.20. The number of nitrogens with one attached hydrogen (secondary N) is 1. The number of amides is 1. The first-order chi connectivity index (χ1) is 6.95. The Kier molecular flexibility index (Phi) is 6.34. The molecule has 1 saturated heterocycles. The molecule has 0 spiro atoms. The molecule has 16 heavy (non-hydrogen) atoms. The lowest BCUT2D eigenvalue weighted by Gasteiger charge is -2.36. The van der Waals surface area contributed by atoms with Gasteiger partial charge in [-0.25, -0.2) is 0 Å². The first kappa shape index (κ1) is 15.7. The lowest BCUT2D eigenvalue weighted by molar-refractivity contribution is -0.141. The summed E-state index contributed by atoms with van der Waals surface area (Å²) in [5.74, 6) is 0.929. The summed E-state index contributed by atoms with van der Waals surface area (Å²) < 4.78 is 0. The maximum atomic E-state index is 12.1. The van der Waals surface area contributed by atoms with Crippen LogP contribution in [0, 0.1) is 11.3 Å². The van der Waals surface area contributed by atoms with Gasteiger partial charge >= 0.3 is 0 Å². The fourth-order valence-corrected chi connectivity index (χ4v) is 2.18. The van der Waals surface area contributed by atoms with E-state index in [1.807, 2.05) is 32.7 Å². The van der Waals surface area contributed by atoms with Crippen molar-refractivity contribution in [2.24, 2.45) is 11.3 Å². The number of carbonyl (C=O) groups excluding carboxylic acids is 1.